The molecule has 1 amide bonds. The Morgan fingerprint density at radius 3 is 2.74 bits per heavy atom. The Morgan fingerprint density at radius 2 is 2.07 bits per heavy atom. The van der Waals surface area contributed by atoms with Crippen LogP contribution in [0.2, 0.25) is 0 Å². The van der Waals surface area contributed by atoms with E-state index >= 15 is 0 Å². The molecule has 146 valence electrons. The first-order chi connectivity index (χ1) is 12.8. The fourth-order valence-electron chi connectivity index (χ4n) is 2.97. The molecule has 3 rings (SSSR count). The van der Waals surface area contributed by atoms with E-state index < -0.39 is 17.6 Å². The van der Waals surface area contributed by atoms with Gasteiger partial charge < -0.3 is 14.9 Å². The first-order valence-corrected chi connectivity index (χ1v) is 8.61. The maximum Gasteiger partial charge on any atom is 0.416 e. The summed E-state index contributed by atoms with van der Waals surface area (Å²) in [7, 11) is 0. The van der Waals surface area contributed by atoms with Crippen molar-refractivity contribution in [1.29, 1.82) is 0 Å². The average Bonchev–Trinajstić information content (AvgIpc) is 3.08. The summed E-state index contributed by atoms with van der Waals surface area (Å²) in [5.74, 6) is 0.0485. The smallest absolute Gasteiger partial charge is 0.392 e. The number of alkyl halides is 3. The third kappa shape index (κ3) is 5.30. The van der Waals surface area contributed by atoms with Gasteiger partial charge in [0.15, 0.2) is 11.5 Å². The van der Waals surface area contributed by atoms with Gasteiger partial charge in [0, 0.05) is 19.2 Å². The molecule has 1 atom stereocenters. The lowest BCUT2D eigenvalue weighted by Crippen LogP contribution is -2.37. The summed E-state index contributed by atoms with van der Waals surface area (Å²) in [6.45, 7) is 1.93. The van der Waals surface area contributed by atoms with Gasteiger partial charge in [-0.3, -0.25) is 9.69 Å². The number of aromatic nitrogens is 1. The maximum absolute atomic E-state index is 12.5. The van der Waals surface area contributed by atoms with Crippen molar-refractivity contribution in [3.8, 4) is 0 Å². The van der Waals surface area contributed by atoms with Crippen LogP contribution in [0.5, 0.6) is 0 Å². The highest BCUT2D eigenvalue weighted by molar-refractivity contribution is 5.92. The van der Waals surface area contributed by atoms with Crippen LogP contribution in [0.15, 0.2) is 34.9 Å². The summed E-state index contributed by atoms with van der Waals surface area (Å²) in [4.78, 5) is 14.2. The number of β-amino-alcohol motifs (C(OH)–C–C–N with tert-alkyl or cyclic N) is 1. The van der Waals surface area contributed by atoms with Crippen molar-refractivity contribution in [3.63, 3.8) is 0 Å². The Kier molecular flexibility index (Phi) is 5.81. The van der Waals surface area contributed by atoms with Crippen molar-refractivity contribution in [2.24, 2.45) is 0 Å². The van der Waals surface area contributed by atoms with Crippen LogP contribution in [0.4, 0.5) is 13.2 Å². The van der Waals surface area contributed by atoms with Gasteiger partial charge in [-0.1, -0.05) is 17.3 Å². The summed E-state index contributed by atoms with van der Waals surface area (Å²) >= 11 is 0. The van der Waals surface area contributed by atoms with Gasteiger partial charge in [0.1, 0.15) is 0 Å². The highest BCUT2D eigenvalue weighted by Gasteiger charge is 2.30. The molecule has 1 unspecified atom stereocenters. The summed E-state index contributed by atoms with van der Waals surface area (Å²) in [5, 5.41) is 16.0. The quantitative estimate of drug-likeness (QED) is 0.830. The number of aliphatic hydroxyl groups excluding tert-OH is 1. The van der Waals surface area contributed by atoms with Gasteiger partial charge in [0.05, 0.1) is 18.2 Å². The van der Waals surface area contributed by atoms with Crippen LogP contribution in [0, 0.1) is 0 Å². The zero-order chi connectivity index (χ0) is 19.4. The normalized spacial score (nSPS) is 18.4. The molecule has 1 aliphatic heterocycles. The van der Waals surface area contributed by atoms with Crippen molar-refractivity contribution >= 4 is 5.91 Å². The molecular formula is C18H20F3N3O3. The minimum Gasteiger partial charge on any atom is -0.392 e. The van der Waals surface area contributed by atoms with E-state index in [0.717, 1.165) is 31.5 Å². The summed E-state index contributed by atoms with van der Waals surface area (Å²) in [6, 6.07) is 6.12. The second-order valence-corrected chi connectivity index (χ2v) is 6.59. The predicted molar refractivity (Wildman–Crippen MR) is 89.6 cm³/mol. The van der Waals surface area contributed by atoms with E-state index in [4.69, 9.17) is 4.52 Å². The van der Waals surface area contributed by atoms with E-state index in [-0.39, 0.29) is 18.3 Å². The van der Waals surface area contributed by atoms with Gasteiger partial charge in [-0.05, 0) is 37.1 Å². The van der Waals surface area contributed by atoms with E-state index in [9.17, 15) is 23.1 Å². The number of likely N-dealkylation sites (tertiary alicyclic amines) is 1. The van der Waals surface area contributed by atoms with Crippen molar-refractivity contribution in [1.82, 2.24) is 15.4 Å². The predicted octanol–water partition coefficient (Wildman–Crippen LogP) is 2.58. The van der Waals surface area contributed by atoms with Crippen molar-refractivity contribution in [3.05, 3.63) is 52.9 Å². The number of carbonyl (C=O) groups excluding carboxylic acids is 1. The Hall–Kier alpha value is -2.39. The fourth-order valence-corrected chi connectivity index (χ4v) is 2.97. The fraction of sp³-hybridized carbons (Fsp3) is 0.444. The zero-order valence-corrected chi connectivity index (χ0v) is 14.5. The molecule has 27 heavy (non-hydrogen) atoms. The SMILES string of the molecule is O=C(NCc1ccc(C(F)(F)F)cc1)c1cc(CN2CCCC(O)C2)on1. The van der Waals surface area contributed by atoms with Crippen LogP contribution in [0.25, 0.3) is 0 Å². The number of aliphatic hydroxyl groups is 1. The van der Waals surface area contributed by atoms with Crippen LogP contribution in [-0.2, 0) is 19.3 Å². The van der Waals surface area contributed by atoms with Crippen LogP contribution in [0.1, 0.15) is 40.2 Å². The second-order valence-electron chi connectivity index (χ2n) is 6.59. The Balaban J connectivity index is 1.52. The molecule has 1 fully saturated rings. The third-order valence-electron chi connectivity index (χ3n) is 4.39. The summed E-state index contributed by atoms with van der Waals surface area (Å²) in [5.41, 5.74) is -0.0848. The van der Waals surface area contributed by atoms with Crippen molar-refractivity contribution < 1.29 is 27.6 Å². The molecule has 9 heteroatoms. The molecule has 2 heterocycles. The number of hydrogen-bond acceptors (Lipinski definition) is 5. The molecule has 2 aromatic rings. The number of nitrogens with zero attached hydrogens (tertiary/aromatic N) is 2. The molecule has 1 aromatic heterocycles. The highest BCUT2D eigenvalue weighted by Crippen LogP contribution is 2.29. The van der Waals surface area contributed by atoms with E-state index in [1.54, 1.807) is 0 Å². The molecule has 0 radical (unpaired) electrons. The number of benzene rings is 1. The standard InChI is InChI=1S/C18H20F3N3O3/c19-18(20,21)13-5-3-12(4-6-13)9-22-17(26)16-8-15(27-23-16)11-24-7-1-2-14(25)10-24/h3-6,8,14,25H,1-2,7,9-11H2,(H,22,26). The summed E-state index contributed by atoms with van der Waals surface area (Å²) < 4.78 is 42.8. The average molecular weight is 383 g/mol. The number of halogens is 3. The lowest BCUT2D eigenvalue weighted by molar-refractivity contribution is -0.137. The molecule has 1 aromatic carbocycles. The lowest BCUT2D eigenvalue weighted by atomic mass is 10.1. The third-order valence-corrected chi connectivity index (χ3v) is 4.39. The van der Waals surface area contributed by atoms with Crippen LogP contribution >= 0.6 is 0 Å². The lowest BCUT2D eigenvalue weighted by Gasteiger charge is -2.28. The number of rotatable bonds is 5. The molecule has 2 N–H and O–H groups in total. The molecule has 1 aliphatic rings. The molecule has 0 saturated carbocycles. The van der Waals surface area contributed by atoms with Crippen LogP contribution in [0.3, 0.4) is 0 Å². The Bertz CT molecular complexity index is 774. The van der Waals surface area contributed by atoms with Gasteiger partial charge in [0.25, 0.3) is 5.91 Å². The van der Waals surface area contributed by atoms with Gasteiger partial charge in [-0.2, -0.15) is 13.2 Å². The molecule has 1 saturated heterocycles. The molecular weight excluding hydrogens is 363 g/mol. The van der Waals surface area contributed by atoms with E-state index in [0.29, 0.717) is 24.4 Å². The topological polar surface area (TPSA) is 78.6 Å². The van der Waals surface area contributed by atoms with E-state index in [1.165, 1.54) is 18.2 Å². The number of carbonyl (C=O) groups is 1. The Morgan fingerprint density at radius 1 is 1.33 bits per heavy atom. The molecule has 0 spiro atoms. The maximum atomic E-state index is 12.5. The zero-order valence-electron chi connectivity index (χ0n) is 14.5. The van der Waals surface area contributed by atoms with E-state index in [1.807, 2.05) is 4.90 Å². The number of nitrogens with one attached hydrogen (secondary N) is 1. The molecule has 6 nitrogen and oxygen atoms in total. The minimum absolute atomic E-state index is 0.0808. The first-order valence-electron chi connectivity index (χ1n) is 8.61. The second kappa shape index (κ2) is 8.10. The molecule has 0 aliphatic carbocycles. The number of hydrogen-bond donors (Lipinski definition) is 2. The summed E-state index contributed by atoms with van der Waals surface area (Å²) in [6.07, 6.45) is -3.06. The van der Waals surface area contributed by atoms with Gasteiger partial charge in [0.2, 0.25) is 0 Å². The highest BCUT2D eigenvalue weighted by atomic mass is 19.4. The van der Waals surface area contributed by atoms with E-state index in [2.05, 4.69) is 10.5 Å². The van der Waals surface area contributed by atoms with Crippen molar-refractivity contribution in [2.45, 2.75) is 38.2 Å². The van der Waals surface area contributed by atoms with Gasteiger partial charge >= 0.3 is 6.18 Å². The number of piperidine rings is 1. The minimum atomic E-state index is -4.39. The molecule has 0 bridgehead atoms. The van der Waals surface area contributed by atoms with Crippen LogP contribution < -0.4 is 5.32 Å². The first kappa shape index (κ1) is 19.4. The van der Waals surface area contributed by atoms with Gasteiger partial charge in [-0.15, -0.1) is 0 Å². The van der Waals surface area contributed by atoms with Crippen LogP contribution in [-0.4, -0.2) is 40.3 Å². The largest absolute Gasteiger partial charge is 0.416 e. The monoisotopic (exact) mass is 383 g/mol. The number of amides is 1. The van der Waals surface area contributed by atoms with Gasteiger partial charge in [-0.25, -0.2) is 0 Å². The Labute approximate surface area is 153 Å². The van der Waals surface area contributed by atoms with Crippen molar-refractivity contribution in [2.75, 3.05) is 13.1 Å².